The molecule has 106 valence electrons. The van der Waals surface area contributed by atoms with E-state index in [1.54, 1.807) is 0 Å². The van der Waals surface area contributed by atoms with Crippen LogP contribution in [-0.4, -0.2) is 11.0 Å². The van der Waals surface area contributed by atoms with Crippen LogP contribution in [0.1, 0.15) is 25.0 Å². The molecule has 19 heavy (non-hydrogen) atoms. The van der Waals surface area contributed by atoms with E-state index in [1.165, 1.54) is 6.07 Å². The van der Waals surface area contributed by atoms with Gasteiger partial charge < -0.3 is 5.73 Å². The molecule has 0 aliphatic rings. The molecule has 0 fully saturated rings. The fraction of sp³-hybridized carbons (Fsp3) is 0.500. The molecule has 1 atom stereocenters. The fourth-order valence-corrected chi connectivity index (χ4v) is 1.60. The van der Waals surface area contributed by atoms with Crippen molar-refractivity contribution >= 4 is 5.69 Å². The lowest BCUT2D eigenvalue weighted by Gasteiger charge is -2.16. The molecule has 0 heterocycles. The Kier molecular flexibility index (Phi) is 4.52. The minimum absolute atomic E-state index is 0.115. The molecule has 0 aromatic heterocycles. The van der Waals surface area contributed by atoms with Crippen molar-refractivity contribution in [1.29, 1.82) is 0 Å². The average molecular weight is 276 g/mol. The maximum atomic E-state index is 12.7. The van der Waals surface area contributed by atoms with Gasteiger partial charge in [-0.3, -0.25) is 10.1 Å². The average Bonchev–Trinajstić information content (AvgIpc) is 2.27. The smallest absolute Gasteiger partial charge is 0.327 e. The second kappa shape index (κ2) is 5.56. The van der Waals surface area contributed by atoms with E-state index in [0.29, 0.717) is 5.56 Å². The number of hydrogen-bond acceptors (Lipinski definition) is 3. The van der Waals surface area contributed by atoms with Gasteiger partial charge in [-0.25, -0.2) is 0 Å². The van der Waals surface area contributed by atoms with Gasteiger partial charge in [-0.15, -0.1) is 0 Å². The van der Waals surface area contributed by atoms with Crippen molar-refractivity contribution < 1.29 is 18.1 Å². The molecule has 0 saturated heterocycles. The van der Waals surface area contributed by atoms with Crippen LogP contribution in [0.5, 0.6) is 0 Å². The minimum atomic E-state index is -4.75. The van der Waals surface area contributed by atoms with Gasteiger partial charge in [0.25, 0.3) is 5.69 Å². The largest absolute Gasteiger partial charge is 0.423 e. The highest BCUT2D eigenvalue weighted by Gasteiger charge is 2.38. The molecule has 1 aromatic carbocycles. The van der Waals surface area contributed by atoms with Crippen molar-refractivity contribution in [3.8, 4) is 0 Å². The van der Waals surface area contributed by atoms with Crippen LogP contribution in [0, 0.1) is 16.0 Å². The number of hydrogen-bond donors (Lipinski definition) is 1. The van der Waals surface area contributed by atoms with Crippen LogP contribution >= 0.6 is 0 Å². The Morgan fingerprint density at radius 2 is 1.95 bits per heavy atom. The van der Waals surface area contributed by atoms with E-state index < -0.39 is 22.4 Å². The molecule has 4 nitrogen and oxygen atoms in total. The first kappa shape index (κ1) is 15.4. The maximum absolute atomic E-state index is 12.7. The van der Waals surface area contributed by atoms with Crippen LogP contribution in [-0.2, 0) is 12.6 Å². The molecular formula is C12H15F3N2O2. The van der Waals surface area contributed by atoms with Gasteiger partial charge in [-0.2, -0.15) is 13.2 Å². The lowest BCUT2D eigenvalue weighted by Crippen LogP contribution is -2.28. The summed E-state index contributed by atoms with van der Waals surface area (Å²) in [6.07, 6.45) is -4.50. The maximum Gasteiger partial charge on any atom is 0.423 e. The summed E-state index contributed by atoms with van der Waals surface area (Å²) in [5, 5.41) is 10.6. The Balaban J connectivity index is 3.16. The molecular weight excluding hydrogens is 261 g/mol. The van der Waals surface area contributed by atoms with Gasteiger partial charge in [-0.1, -0.05) is 19.9 Å². The molecule has 1 rings (SSSR count). The molecule has 0 radical (unpaired) electrons. The van der Waals surface area contributed by atoms with Gasteiger partial charge in [0.1, 0.15) is 5.56 Å². The monoisotopic (exact) mass is 276 g/mol. The van der Waals surface area contributed by atoms with E-state index in [9.17, 15) is 23.3 Å². The highest BCUT2D eigenvalue weighted by Crippen LogP contribution is 2.36. The highest BCUT2D eigenvalue weighted by atomic mass is 19.4. The number of nitro groups is 1. The first-order chi connectivity index (χ1) is 8.62. The predicted octanol–water partition coefficient (Wildman–Crippen LogP) is 3.14. The van der Waals surface area contributed by atoms with E-state index in [-0.39, 0.29) is 18.4 Å². The van der Waals surface area contributed by atoms with Crippen LogP contribution in [0.2, 0.25) is 0 Å². The first-order valence-corrected chi connectivity index (χ1v) is 5.73. The number of nitrogens with zero attached hydrogens (tertiary/aromatic N) is 1. The Labute approximate surface area is 108 Å². The van der Waals surface area contributed by atoms with Gasteiger partial charge in [0.05, 0.1) is 4.92 Å². The molecule has 0 saturated carbocycles. The van der Waals surface area contributed by atoms with Gasteiger partial charge in [0, 0.05) is 12.1 Å². The van der Waals surface area contributed by atoms with Crippen molar-refractivity contribution in [3.63, 3.8) is 0 Å². The predicted molar refractivity (Wildman–Crippen MR) is 64.6 cm³/mol. The minimum Gasteiger partial charge on any atom is -0.327 e. The molecule has 0 spiro atoms. The van der Waals surface area contributed by atoms with Crippen molar-refractivity contribution in [3.05, 3.63) is 39.4 Å². The third kappa shape index (κ3) is 3.92. The molecule has 7 heteroatoms. The quantitative estimate of drug-likeness (QED) is 0.678. The van der Waals surface area contributed by atoms with E-state index in [2.05, 4.69) is 0 Å². The number of alkyl halides is 3. The summed E-state index contributed by atoms with van der Waals surface area (Å²) in [5.41, 5.74) is 3.97. The first-order valence-electron chi connectivity index (χ1n) is 5.73. The summed E-state index contributed by atoms with van der Waals surface area (Å²) in [7, 11) is 0. The molecule has 0 aliphatic carbocycles. The van der Waals surface area contributed by atoms with Gasteiger partial charge in [0.15, 0.2) is 0 Å². The van der Waals surface area contributed by atoms with Crippen molar-refractivity contribution in [2.45, 2.75) is 32.5 Å². The number of halogens is 3. The zero-order valence-corrected chi connectivity index (χ0v) is 10.6. The van der Waals surface area contributed by atoms with Crippen LogP contribution in [0.25, 0.3) is 0 Å². The highest BCUT2D eigenvalue weighted by molar-refractivity contribution is 5.44. The van der Waals surface area contributed by atoms with Gasteiger partial charge in [0.2, 0.25) is 0 Å². The molecule has 0 aliphatic heterocycles. The van der Waals surface area contributed by atoms with Crippen molar-refractivity contribution in [2.24, 2.45) is 11.7 Å². The van der Waals surface area contributed by atoms with Gasteiger partial charge in [-0.05, 0) is 24.0 Å². The molecule has 0 amide bonds. The van der Waals surface area contributed by atoms with Crippen LogP contribution in [0.3, 0.4) is 0 Å². The van der Waals surface area contributed by atoms with Gasteiger partial charge >= 0.3 is 6.18 Å². The fourth-order valence-electron chi connectivity index (χ4n) is 1.60. The SMILES string of the molecule is CC(C)C(N)Cc1ccc([N+](=O)[O-])c(C(F)(F)F)c1. The number of nitrogens with two attached hydrogens (primary N) is 1. The zero-order valence-electron chi connectivity index (χ0n) is 10.6. The Morgan fingerprint density at radius 1 is 1.37 bits per heavy atom. The third-order valence-electron chi connectivity index (χ3n) is 2.89. The van der Waals surface area contributed by atoms with E-state index >= 15 is 0 Å². The van der Waals surface area contributed by atoms with Crippen LogP contribution in [0.4, 0.5) is 18.9 Å². The summed E-state index contributed by atoms with van der Waals surface area (Å²) < 4.78 is 38.2. The number of nitro benzene ring substituents is 1. The standard InChI is InChI=1S/C12H15F3N2O2/c1-7(2)10(16)6-8-3-4-11(17(18)19)9(5-8)12(13,14)15/h3-5,7,10H,6,16H2,1-2H3. The van der Waals surface area contributed by atoms with Crippen molar-refractivity contribution in [2.75, 3.05) is 0 Å². The lowest BCUT2D eigenvalue weighted by atomic mass is 9.96. The molecule has 1 aromatic rings. The topological polar surface area (TPSA) is 69.2 Å². The third-order valence-corrected chi connectivity index (χ3v) is 2.89. The molecule has 0 bridgehead atoms. The summed E-state index contributed by atoms with van der Waals surface area (Å²) in [6.45, 7) is 3.72. The lowest BCUT2D eigenvalue weighted by molar-refractivity contribution is -0.388. The van der Waals surface area contributed by atoms with Crippen LogP contribution < -0.4 is 5.73 Å². The Hall–Kier alpha value is -1.63. The second-order valence-electron chi connectivity index (χ2n) is 4.72. The van der Waals surface area contributed by atoms with E-state index in [1.807, 2.05) is 13.8 Å². The number of benzene rings is 1. The Morgan fingerprint density at radius 3 is 2.37 bits per heavy atom. The van der Waals surface area contributed by atoms with Crippen LogP contribution in [0.15, 0.2) is 18.2 Å². The number of rotatable bonds is 4. The molecule has 1 unspecified atom stereocenters. The summed E-state index contributed by atoms with van der Waals surface area (Å²) in [6, 6.07) is 2.71. The van der Waals surface area contributed by atoms with E-state index in [0.717, 1.165) is 12.1 Å². The molecule has 2 N–H and O–H groups in total. The van der Waals surface area contributed by atoms with Crippen molar-refractivity contribution in [1.82, 2.24) is 0 Å². The zero-order chi connectivity index (χ0) is 14.8. The normalized spacial score (nSPS) is 13.6. The Bertz CT molecular complexity index is 473. The van der Waals surface area contributed by atoms with E-state index in [4.69, 9.17) is 5.73 Å². The summed E-state index contributed by atoms with van der Waals surface area (Å²) in [5.74, 6) is 0.115. The summed E-state index contributed by atoms with van der Waals surface area (Å²) in [4.78, 5) is 9.56. The summed E-state index contributed by atoms with van der Waals surface area (Å²) >= 11 is 0. The second-order valence-corrected chi connectivity index (χ2v) is 4.72.